The molecule has 1 aromatic carbocycles. The molecule has 0 saturated heterocycles. The second-order valence-electron chi connectivity index (χ2n) is 4.64. The molecule has 20 heavy (non-hydrogen) atoms. The molecule has 0 aliphatic rings. The Morgan fingerprint density at radius 1 is 1.15 bits per heavy atom. The van der Waals surface area contributed by atoms with Crippen LogP contribution >= 0.6 is 11.3 Å². The number of thiophene rings is 1. The highest BCUT2D eigenvalue weighted by atomic mass is 32.2. The zero-order chi connectivity index (χ0) is 14.4. The van der Waals surface area contributed by atoms with E-state index in [1.165, 1.54) is 0 Å². The van der Waals surface area contributed by atoms with Crippen molar-refractivity contribution in [3.63, 3.8) is 0 Å². The Balaban J connectivity index is 2.19. The monoisotopic (exact) mass is 309 g/mol. The SMILES string of the molecule is CCCCC(NS(=O)(=O)c1ccccc1)c1cccs1. The lowest BCUT2D eigenvalue weighted by Crippen LogP contribution is -2.28. The maximum atomic E-state index is 12.4. The summed E-state index contributed by atoms with van der Waals surface area (Å²) in [4.78, 5) is 1.39. The minimum atomic E-state index is -3.46. The van der Waals surface area contributed by atoms with Gasteiger partial charge in [-0.1, -0.05) is 44.0 Å². The third-order valence-corrected chi connectivity index (χ3v) is 5.56. The summed E-state index contributed by atoms with van der Waals surface area (Å²) in [6.45, 7) is 2.11. The van der Waals surface area contributed by atoms with Crippen molar-refractivity contribution in [3.05, 3.63) is 52.7 Å². The van der Waals surface area contributed by atoms with Crippen LogP contribution in [0.2, 0.25) is 0 Å². The summed E-state index contributed by atoms with van der Waals surface area (Å²) < 4.78 is 27.6. The minimum absolute atomic E-state index is 0.139. The Morgan fingerprint density at radius 2 is 1.90 bits per heavy atom. The fourth-order valence-electron chi connectivity index (χ4n) is 2.01. The molecule has 2 rings (SSSR count). The predicted molar refractivity (Wildman–Crippen MR) is 83.3 cm³/mol. The van der Waals surface area contributed by atoms with Gasteiger partial charge in [-0.3, -0.25) is 0 Å². The Labute approximate surface area is 124 Å². The molecule has 1 aromatic heterocycles. The molecule has 3 nitrogen and oxygen atoms in total. The summed E-state index contributed by atoms with van der Waals surface area (Å²) in [5.41, 5.74) is 0. The van der Waals surface area contributed by atoms with Crippen molar-refractivity contribution in [2.75, 3.05) is 0 Å². The van der Waals surface area contributed by atoms with Gasteiger partial charge in [0.2, 0.25) is 10.0 Å². The first kappa shape index (κ1) is 15.2. The Bertz CT molecular complexity index is 607. The molecule has 0 aliphatic carbocycles. The molecule has 0 fully saturated rings. The molecule has 1 N–H and O–H groups in total. The van der Waals surface area contributed by atoms with Crippen LogP contribution in [0.3, 0.4) is 0 Å². The maximum Gasteiger partial charge on any atom is 0.241 e. The Kier molecular flexibility index (Phi) is 5.34. The third kappa shape index (κ3) is 3.91. The van der Waals surface area contributed by atoms with E-state index in [4.69, 9.17) is 0 Å². The third-order valence-electron chi connectivity index (χ3n) is 3.08. The predicted octanol–water partition coefficient (Wildman–Crippen LogP) is 3.96. The average Bonchev–Trinajstić information content (AvgIpc) is 2.98. The molecule has 0 radical (unpaired) electrons. The van der Waals surface area contributed by atoms with Crippen LogP contribution < -0.4 is 4.72 Å². The molecule has 1 atom stereocenters. The average molecular weight is 309 g/mol. The highest BCUT2D eigenvalue weighted by Gasteiger charge is 2.21. The fraction of sp³-hybridized carbons (Fsp3) is 0.333. The van der Waals surface area contributed by atoms with Gasteiger partial charge in [0, 0.05) is 4.88 Å². The van der Waals surface area contributed by atoms with Crippen molar-refractivity contribution in [1.29, 1.82) is 0 Å². The van der Waals surface area contributed by atoms with Gasteiger partial charge >= 0.3 is 0 Å². The van der Waals surface area contributed by atoms with Crippen LogP contribution in [-0.2, 0) is 10.0 Å². The quantitative estimate of drug-likeness (QED) is 0.841. The van der Waals surface area contributed by atoms with Crippen molar-refractivity contribution in [3.8, 4) is 0 Å². The number of hydrogen-bond acceptors (Lipinski definition) is 3. The van der Waals surface area contributed by atoms with E-state index in [2.05, 4.69) is 11.6 Å². The van der Waals surface area contributed by atoms with E-state index in [1.807, 2.05) is 23.6 Å². The van der Waals surface area contributed by atoms with Gasteiger partial charge in [0.25, 0.3) is 0 Å². The Morgan fingerprint density at radius 3 is 2.50 bits per heavy atom. The molecular weight excluding hydrogens is 290 g/mol. The largest absolute Gasteiger partial charge is 0.241 e. The molecule has 2 aromatic rings. The van der Waals surface area contributed by atoms with Gasteiger partial charge in [0.05, 0.1) is 10.9 Å². The zero-order valence-corrected chi connectivity index (χ0v) is 13.1. The lowest BCUT2D eigenvalue weighted by Gasteiger charge is -2.17. The number of sulfonamides is 1. The van der Waals surface area contributed by atoms with Crippen molar-refractivity contribution < 1.29 is 8.42 Å². The normalized spacial score (nSPS) is 13.2. The summed E-state index contributed by atoms with van der Waals surface area (Å²) in [7, 11) is -3.46. The molecule has 0 spiro atoms. The molecule has 108 valence electrons. The smallest absolute Gasteiger partial charge is 0.207 e. The first-order chi connectivity index (χ1) is 9.63. The van der Waals surface area contributed by atoms with E-state index in [-0.39, 0.29) is 6.04 Å². The van der Waals surface area contributed by atoms with E-state index in [0.29, 0.717) is 4.90 Å². The molecule has 0 amide bonds. The fourth-order valence-corrected chi connectivity index (χ4v) is 4.17. The number of unbranched alkanes of at least 4 members (excludes halogenated alkanes) is 1. The van der Waals surface area contributed by atoms with Gasteiger partial charge in [-0.15, -0.1) is 11.3 Å². The van der Waals surface area contributed by atoms with Crippen molar-refractivity contribution in [2.24, 2.45) is 0 Å². The van der Waals surface area contributed by atoms with Gasteiger partial charge in [-0.05, 0) is 30.0 Å². The molecule has 0 bridgehead atoms. The van der Waals surface area contributed by atoms with E-state index >= 15 is 0 Å². The first-order valence-electron chi connectivity index (χ1n) is 6.74. The minimum Gasteiger partial charge on any atom is -0.207 e. The van der Waals surface area contributed by atoms with E-state index in [9.17, 15) is 8.42 Å². The van der Waals surface area contributed by atoms with E-state index in [1.54, 1.807) is 35.6 Å². The summed E-state index contributed by atoms with van der Waals surface area (Å²) in [6.07, 6.45) is 2.87. The van der Waals surface area contributed by atoms with E-state index in [0.717, 1.165) is 24.1 Å². The molecule has 1 unspecified atom stereocenters. The molecular formula is C15H19NO2S2. The Hall–Kier alpha value is -1.17. The molecule has 0 saturated carbocycles. The first-order valence-corrected chi connectivity index (χ1v) is 9.10. The number of benzene rings is 1. The van der Waals surface area contributed by atoms with Crippen LogP contribution in [-0.4, -0.2) is 8.42 Å². The van der Waals surface area contributed by atoms with Gasteiger partial charge < -0.3 is 0 Å². The van der Waals surface area contributed by atoms with Crippen molar-refractivity contribution in [1.82, 2.24) is 4.72 Å². The highest BCUT2D eigenvalue weighted by Crippen LogP contribution is 2.26. The second kappa shape index (κ2) is 7.02. The molecule has 1 heterocycles. The zero-order valence-electron chi connectivity index (χ0n) is 11.5. The topological polar surface area (TPSA) is 46.2 Å². The summed E-state index contributed by atoms with van der Waals surface area (Å²) >= 11 is 1.59. The summed E-state index contributed by atoms with van der Waals surface area (Å²) in [5, 5.41) is 1.98. The maximum absolute atomic E-state index is 12.4. The van der Waals surface area contributed by atoms with Gasteiger partial charge in [-0.2, -0.15) is 0 Å². The number of rotatable bonds is 7. The van der Waals surface area contributed by atoms with Gasteiger partial charge in [-0.25, -0.2) is 13.1 Å². The highest BCUT2D eigenvalue weighted by molar-refractivity contribution is 7.89. The van der Waals surface area contributed by atoms with Crippen molar-refractivity contribution >= 4 is 21.4 Å². The summed E-state index contributed by atoms with van der Waals surface area (Å²) in [5.74, 6) is 0. The lowest BCUT2D eigenvalue weighted by molar-refractivity contribution is 0.530. The van der Waals surface area contributed by atoms with Crippen molar-refractivity contribution in [2.45, 2.75) is 37.1 Å². The van der Waals surface area contributed by atoms with Gasteiger partial charge in [0.1, 0.15) is 0 Å². The lowest BCUT2D eigenvalue weighted by atomic mass is 10.1. The molecule has 5 heteroatoms. The van der Waals surface area contributed by atoms with Crippen LogP contribution in [0.4, 0.5) is 0 Å². The molecule has 0 aliphatic heterocycles. The van der Waals surface area contributed by atoms with Crippen LogP contribution in [0.25, 0.3) is 0 Å². The van der Waals surface area contributed by atoms with Gasteiger partial charge in [0.15, 0.2) is 0 Å². The number of hydrogen-bond donors (Lipinski definition) is 1. The standard InChI is InChI=1S/C15H19NO2S2/c1-2-3-10-14(15-11-7-12-19-15)16-20(17,18)13-8-5-4-6-9-13/h4-9,11-12,14,16H,2-3,10H2,1H3. The van der Waals surface area contributed by atoms with E-state index < -0.39 is 10.0 Å². The van der Waals surface area contributed by atoms with Crippen LogP contribution in [0.5, 0.6) is 0 Å². The van der Waals surface area contributed by atoms with Crippen LogP contribution in [0.1, 0.15) is 37.1 Å². The van der Waals surface area contributed by atoms with Crippen LogP contribution in [0, 0.1) is 0 Å². The second-order valence-corrected chi connectivity index (χ2v) is 7.34. The number of nitrogens with one attached hydrogen (secondary N) is 1. The summed E-state index contributed by atoms with van der Waals surface area (Å²) in [6, 6.07) is 12.3. The van der Waals surface area contributed by atoms with Crippen LogP contribution in [0.15, 0.2) is 52.7 Å².